The summed E-state index contributed by atoms with van der Waals surface area (Å²) >= 11 is 1.41. The molecule has 1 fully saturated rings. The standard InChI is InChI=1S/C23H25NO4S/c1-15-12-16(2)22-17(13-15)19(26)14-23(28-22)7-9-24(10-8-23)21(27)6-5-18(25)20-4-3-11-29-20/h3-4,11-13H,5-10,14H2,1-2H3. The summed E-state index contributed by atoms with van der Waals surface area (Å²) in [7, 11) is 0. The van der Waals surface area contributed by atoms with Gasteiger partial charge in [-0.3, -0.25) is 14.4 Å². The Morgan fingerprint density at radius 1 is 1.17 bits per heavy atom. The van der Waals surface area contributed by atoms with Crippen LogP contribution in [0.4, 0.5) is 0 Å². The molecule has 0 saturated carbocycles. The van der Waals surface area contributed by atoms with Gasteiger partial charge < -0.3 is 9.64 Å². The minimum Gasteiger partial charge on any atom is -0.486 e. The van der Waals surface area contributed by atoms with E-state index in [9.17, 15) is 14.4 Å². The summed E-state index contributed by atoms with van der Waals surface area (Å²) in [5.74, 6) is 0.844. The van der Waals surface area contributed by atoms with Crippen LogP contribution in [0, 0.1) is 13.8 Å². The van der Waals surface area contributed by atoms with Crippen molar-refractivity contribution in [3.8, 4) is 5.75 Å². The van der Waals surface area contributed by atoms with E-state index < -0.39 is 5.60 Å². The van der Waals surface area contributed by atoms with Crippen molar-refractivity contribution in [3.05, 3.63) is 51.2 Å². The summed E-state index contributed by atoms with van der Waals surface area (Å²) in [5, 5.41) is 1.87. The van der Waals surface area contributed by atoms with Gasteiger partial charge in [-0.1, -0.05) is 12.1 Å². The Hall–Kier alpha value is -2.47. The zero-order valence-corrected chi connectivity index (χ0v) is 17.6. The number of thiophene rings is 1. The second kappa shape index (κ2) is 7.75. The van der Waals surface area contributed by atoms with Crippen molar-refractivity contribution >= 4 is 28.8 Å². The minimum absolute atomic E-state index is 0.000836. The van der Waals surface area contributed by atoms with E-state index >= 15 is 0 Å². The second-order valence-corrected chi connectivity index (χ2v) is 9.07. The van der Waals surface area contributed by atoms with E-state index in [2.05, 4.69) is 0 Å². The number of rotatable bonds is 4. The lowest BCUT2D eigenvalue weighted by Crippen LogP contribution is -2.52. The fourth-order valence-electron chi connectivity index (χ4n) is 4.32. The van der Waals surface area contributed by atoms with E-state index in [4.69, 9.17) is 4.74 Å². The number of ketones is 2. The van der Waals surface area contributed by atoms with Crippen LogP contribution in [0.3, 0.4) is 0 Å². The van der Waals surface area contributed by atoms with E-state index in [1.54, 1.807) is 11.0 Å². The molecule has 1 aromatic carbocycles. The lowest BCUT2D eigenvalue weighted by Gasteiger charge is -2.44. The van der Waals surface area contributed by atoms with Gasteiger partial charge in [-0.2, -0.15) is 0 Å². The van der Waals surface area contributed by atoms with Crippen LogP contribution in [0.2, 0.25) is 0 Å². The van der Waals surface area contributed by atoms with Gasteiger partial charge in [0.15, 0.2) is 11.6 Å². The topological polar surface area (TPSA) is 63.7 Å². The number of piperidine rings is 1. The molecule has 1 aromatic heterocycles. The third kappa shape index (κ3) is 3.99. The number of aryl methyl sites for hydroxylation is 2. The first-order chi connectivity index (χ1) is 13.9. The van der Waals surface area contributed by atoms with Crippen LogP contribution in [0.25, 0.3) is 0 Å². The minimum atomic E-state index is -0.520. The van der Waals surface area contributed by atoms with Gasteiger partial charge in [-0.05, 0) is 42.5 Å². The number of benzene rings is 1. The van der Waals surface area contributed by atoms with Gasteiger partial charge in [-0.15, -0.1) is 11.3 Å². The molecule has 1 saturated heterocycles. The Balaban J connectivity index is 1.37. The molecule has 0 unspecified atom stereocenters. The molecule has 6 heteroatoms. The van der Waals surface area contributed by atoms with E-state index in [1.807, 2.05) is 37.4 Å². The maximum atomic E-state index is 12.8. The first-order valence-electron chi connectivity index (χ1n) is 10.0. The van der Waals surface area contributed by atoms with E-state index in [-0.39, 0.29) is 30.3 Å². The summed E-state index contributed by atoms with van der Waals surface area (Å²) in [5.41, 5.74) is 2.21. The number of hydrogen-bond donors (Lipinski definition) is 0. The molecular weight excluding hydrogens is 386 g/mol. The Morgan fingerprint density at radius 3 is 2.62 bits per heavy atom. The second-order valence-electron chi connectivity index (χ2n) is 8.12. The van der Waals surface area contributed by atoms with Crippen LogP contribution in [-0.4, -0.2) is 41.1 Å². The number of carbonyl (C=O) groups excluding carboxylic acids is 3. The number of likely N-dealkylation sites (tertiary alicyclic amines) is 1. The maximum Gasteiger partial charge on any atom is 0.223 e. The predicted octanol–water partition coefficient (Wildman–Crippen LogP) is 4.35. The van der Waals surface area contributed by atoms with Crippen molar-refractivity contribution < 1.29 is 19.1 Å². The van der Waals surface area contributed by atoms with Crippen LogP contribution >= 0.6 is 11.3 Å². The van der Waals surface area contributed by atoms with E-state index in [1.165, 1.54) is 11.3 Å². The van der Waals surface area contributed by atoms with Crippen molar-refractivity contribution in [1.82, 2.24) is 4.90 Å². The van der Waals surface area contributed by atoms with Crippen molar-refractivity contribution in [2.24, 2.45) is 0 Å². The molecule has 0 atom stereocenters. The highest BCUT2D eigenvalue weighted by atomic mass is 32.1. The molecule has 4 rings (SSSR count). The number of ether oxygens (including phenoxy) is 1. The summed E-state index contributed by atoms with van der Waals surface area (Å²) in [4.78, 5) is 40.0. The Morgan fingerprint density at radius 2 is 1.93 bits per heavy atom. The van der Waals surface area contributed by atoms with Crippen LogP contribution < -0.4 is 4.74 Å². The Labute approximate surface area is 174 Å². The molecule has 1 spiro atoms. The predicted molar refractivity (Wildman–Crippen MR) is 112 cm³/mol. The first kappa shape index (κ1) is 19.8. The van der Waals surface area contributed by atoms with Crippen LogP contribution in [0.1, 0.15) is 63.3 Å². The molecule has 2 aromatic rings. The third-order valence-electron chi connectivity index (χ3n) is 5.91. The van der Waals surface area contributed by atoms with E-state index in [0.29, 0.717) is 48.5 Å². The smallest absolute Gasteiger partial charge is 0.223 e. The lowest BCUT2D eigenvalue weighted by molar-refractivity contribution is -0.134. The monoisotopic (exact) mass is 411 g/mol. The molecule has 152 valence electrons. The van der Waals surface area contributed by atoms with Gasteiger partial charge in [0.05, 0.1) is 16.9 Å². The molecule has 2 aliphatic heterocycles. The fourth-order valence-corrected chi connectivity index (χ4v) is 5.01. The van der Waals surface area contributed by atoms with Gasteiger partial charge in [0.1, 0.15) is 11.4 Å². The zero-order valence-electron chi connectivity index (χ0n) is 16.8. The van der Waals surface area contributed by atoms with Gasteiger partial charge in [0.2, 0.25) is 5.91 Å². The van der Waals surface area contributed by atoms with Crippen LogP contribution in [-0.2, 0) is 4.79 Å². The van der Waals surface area contributed by atoms with Crippen molar-refractivity contribution in [2.75, 3.05) is 13.1 Å². The molecule has 1 amide bonds. The SMILES string of the molecule is Cc1cc(C)c2c(c1)C(=O)CC1(CCN(C(=O)CCC(=O)c3cccs3)CC1)O2. The molecule has 29 heavy (non-hydrogen) atoms. The molecular formula is C23H25NO4S. The third-order valence-corrected chi connectivity index (χ3v) is 6.82. The highest BCUT2D eigenvalue weighted by Crippen LogP contribution is 2.41. The normalized spacial score (nSPS) is 17.7. The summed E-state index contributed by atoms with van der Waals surface area (Å²) in [6.07, 6.45) is 2.10. The van der Waals surface area contributed by atoms with Gasteiger partial charge in [-0.25, -0.2) is 0 Å². The number of Topliss-reactive ketones (excluding diaryl/α,β-unsaturated/α-hetero) is 2. The highest BCUT2D eigenvalue weighted by Gasteiger charge is 2.44. The first-order valence-corrected chi connectivity index (χ1v) is 10.9. The molecule has 5 nitrogen and oxygen atoms in total. The maximum absolute atomic E-state index is 12.8. The molecule has 0 radical (unpaired) electrons. The molecule has 0 aliphatic carbocycles. The van der Waals surface area contributed by atoms with Crippen LogP contribution in [0.5, 0.6) is 5.75 Å². The van der Waals surface area contributed by atoms with Gasteiger partial charge in [0, 0.05) is 38.8 Å². The average molecular weight is 412 g/mol. The Kier molecular flexibility index (Phi) is 5.30. The lowest BCUT2D eigenvalue weighted by atomic mass is 9.81. The number of hydrogen-bond acceptors (Lipinski definition) is 5. The van der Waals surface area contributed by atoms with Crippen molar-refractivity contribution in [3.63, 3.8) is 0 Å². The fraction of sp³-hybridized carbons (Fsp3) is 0.435. The molecule has 0 N–H and O–H groups in total. The van der Waals surface area contributed by atoms with Gasteiger partial charge >= 0.3 is 0 Å². The van der Waals surface area contributed by atoms with Crippen molar-refractivity contribution in [2.45, 2.75) is 51.6 Å². The summed E-state index contributed by atoms with van der Waals surface area (Å²) in [6, 6.07) is 7.58. The van der Waals surface area contributed by atoms with Crippen LogP contribution in [0.15, 0.2) is 29.6 Å². The average Bonchev–Trinajstić information content (AvgIpc) is 3.23. The Bertz CT molecular complexity index is 956. The number of carbonyl (C=O) groups is 3. The molecule has 2 aliphatic rings. The number of fused-ring (bicyclic) bond motifs is 1. The van der Waals surface area contributed by atoms with Gasteiger partial charge in [0.25, 0.3) is 0 Å². The molecule has 0 bridgehead atoms. The zero-order chi connectivity index (χ0) is 20.6. The molecule has 3 heterocycles. The number of amides is 1. The quantitative estimate of drug-likeness (QED) is 0.702. The highest BCUT2D eigenvalue weighted by molar-refractivity contribution is 7.12. The number of nitrogens with zero attached hydrogens (tertiary/aromatic N) is 1. The summed E-state index contributed by atoms with van der Waals surface area (Å²) in [6.45, 7) is 5.07. The van der Waals surface area contributed by atoms with Crippen molar-refractivity contribution in [1.29, 1.82) is 0 Å². The summed E-state index contributed by atoms with van der Waals surface area (Å²) < 4.78 is 6.38. The largest absolute Gasteiger partial charge is 0.486 e. The van der Waals surface area contributed by atoms with E-state index in [0.717, 1.165) is 11.1 Å².